The zero-order chi connectivity index (χ0) is 30.3. The topological polar surface area (TPSA) is 88.1 Å². The number of anilines is 2. The fourth-order valence-electron chi connectivity index (χ4n) is 5.21. The van der Waals surface area contributed by atoms with Crippen molar-refractivity contribution in [2.75, 3.05) is 31.0 Å². The highest BCUT2D eigenvalue weighted by Gasteiger charge is 2.22. The Morgan fingerprint density at radius 2 is 1.45 bits per heavy atom. The lowest BCUT2D eigenvalue weighted by Crippen LogP contribution is -2.23. The van der Waals surface area contributed by atoms with Crippen LogP contribution in [0.3, 0.4) is 0 Å². The molecule has 228 valence electrons. The molecule has 3 rings (SSSR count). The fourth-order valence-corrected chi connectivity index (χ4v) is 5.21. The minimum atomic E-state index is -0.487. The lowest BCUT2D eigenvalue weighted by molar-refractivity contribution is -0.116. The van der Waals surface area contributed by atoms with E-state index in [0.29, 0.717) is 40.3 Å². The van der Waals surface area contributed by atoms with Crippen LogP contribution >= 0.6 is 0 Å². The Labute approximate surface area is 251 Å². The van der Waals surface area contributed by atoms with Crippen molar-refractivity contribution in [2.24, 2.45) is 0 Å². The number of hydrogen-bond acceptors (Lipinski definition) is 5. The molecule has 0 unspecified atom stereocenters. The minimum absolute atomic E-state index is 0.0674. The molecule has 7 nitrogen and oxygen atoms in total. The van der Waals surface area contributed by atoms with E-state index >= 15 is 0 Å². The van der Waals surface area contributed by atoms with Gasteiger partial charge in [0.2, 0.25) is 5.91 Å². The number of nitrogens with one attached hydrogen (secondary N) is 1. The number of unbranched alkanes of at least 4 members (excludes halogenated alkanes) is 11. The number of amides is 2. The third-order valence-electron chi connectivity index (χ3n) is 7.76. The first kappa shape index (κ1) is 32.8. The van der Waals surface area contributed by atoms with Crippen LogP contribution in [0.25, 0.3) is 10.8 Å². The van der Waals surface area contributed by atoms with Crippen LogP contribution in [-0.2, 0) is 4.79 Å². The van der Waals surface area contributed by atoms with Gasteiger partial charge in [0.15, 0.2) is 0 Å². The number of phenols is 1. The summed E-state index contributed by atoms with van der Waals surface area (Å²) in [7, 11) is 3.15. The molecular formula is C35H48N2O5. The Morgan fingerprint density at radius 1 is 0.833 bits per heavy atom. The van der Waals surface area contributed by atoms with Gasteiger partial charge in [0, 0.05) is 19.4 Å². The molecule has 0 saturated carbocycles. The summed E-state index contributed by atoms with van der Waals surface area (Å²) in [6.45, 7) is 4.30. The van der Waals surface area contributed by atoms with Crippen molar-refractivity contribution in [1.29, 1.82) is 0 Å². The number of fused-ring (bicyclic) bond motifs is 1. The average Bonchev–Trinajstić information content (AvgIpc) is 2.99. The monoisotopic (exact) mass is 576 g/mol. The molecule has 2 amide bonds. The van der Waals surface area contributed by atoms with E-state index in [1.54, 1.807) is 31.3 Å². The third-order valence-corrected chi connectivity index (χ3v) is 7.76. The SMILES string of the molecule is CCCCCCCCCCCCCCOc1ccccc1NC(=O)c1cc(OC)c2c(N(C)C(C)=O)cccc2c1O. The second-order valence-electron chi connectivity index (χ2n) is 10.9. The number of hydrogen-bond donors (Lipinski definition) is 2. The number of carbonyl (C=O) groups excluding carboxylic acids is 2. The predicted molar refractivity (Wildman–Crippen MR) is 172 cm³/mol. The van der Waals surface area contributed by atoms with Crippen molar-refractivity contribution in [3.8, 4) is 17.2 Å². The molecular weight excluding hydrogens is 528 g/mol. The van der Waals surface area contributed by atoms with Crippen molar-refractivity contribution in [2.45, 2.75) is 90.9 Å². The highest BCUT2D eigenvalue weighted by atomic mass is 16.5. The van der Waals surface area contributed by atoms with Gasteiger partial charge in [0.05, 0.1) is 36.0 Å². The van der Waals surface area contributed by atoms with E-state index in [0.717, 1.165) is 12.8 Å². The number of nitrogens with zero attached hydrogens (tertiary/aromatic N) is 1. The normalized spacial score (nSPS) is 11.0. The van der Waals surface area contributed by atoms with Crippen molar-refractivity contribution >= 4 is 34.0 Å². The van der Waals surface area contributed by atoms with Crippen molar-refractivity contribution in [3.63, 3.8) is 0 Å². The average molecular weight is 577 g/mol. The van der Waals surface area contributed by atoms with Crippen LogP contribution in [0, 0.1) is 0 Å². The molecule has 0 aromatic heterocycles. The Morgan fingerprint density at radius 3 is 2.07 bits per heavy atom. The number of benzene rings is 3. The Hall–Kier alpha value is -3.74. The van der Waals surface area contributed by atoms with Crippen LogP contribution in [-0.4, -0.2) is 37.7 Å². The molecule has 3 aromatic rings. The highest BCUT2D eigenvalue weighted by Crippen LogP contribution is 2.41. The maximum Gasteiger partial charge on any atom is 0.259 e. The zero-order valence-corrected chi connectivity index (χ0v) is 25.8. The van der Waals surface area contributed by atoms with Crippen LogP contribution < -0.4 is 19.7 Å². The molecule has 7 heteroatoms. The summed E-state index contributed by atoms with van der Waals surface area (Å²) in [5.74, 6) is 0.141. The number of methoxy groups -OCH3 is 1. The number of rotatable bonds is 18. The Kier molecular flexibility index (Phi) is 13.5. The summed E-state index contributed by atoms with van der Waals surface area (Å²) >= 11 is 0. The lowest BCUT2D eigenvalue weighted by atomic mass is 10.0. The van der Waals surface area contributed by atoms with Crippen LogP contribution in [0.2, 0.25) is 0 Å². The van der Waals surface area contributed by atoms with Gasteiger partial charge in [-0.3, -0.25) is 9.59 Å². The smallest absolute Gasteiger partial charge is 0.259 e. The summed E-state index contributed by atoms with van der Waals surface area (Å²) in [5.41, 5.74) is 1.18. The van der Waals surface area contributed by atoms with Gasteiger partial charge in [0.1, 0.15) is 17.2 Å². The molecule has 0 fully saturated rings. The summed E-state index contributed by atoms with van der Waals surface area (Å²) in [6, 6.07) is 14.0. The quantitative estimate of drug-likeness (QED) is 0.148. The van der Waals surface area contributed by atoms with Gasteiger partial charge in [-0.1, -0.05) is 102 Å². The fraction of sp³-hybridized carbons (Fsp3) is 0.486. The van der Waals surface area contributed by atoms with E-state index in [1.165, 1.54) is 89.2 Å². The number of aromatic hydroxyl groups is 1. The lowest BCUT2D eigenvalue weighted by Gasteiger charge is -2.20. The first-order chi connectivity index (χ1) is 20.4. The Balaban J connectivity index is 1.56. The van der Waals surface area contributed by atoms with Crippen LogP contribution in [0.15, 0.2) is 48.5 Å². The maximum atomic E-state index is 13.4. The van der Waals surface area contributed by atoms with E-state index in [-0.39, 0.29) is 17.2 Å². The molecule has 0 heterocycles. The first-order valence-electron chi connectivity index (χ1n) is 15.5. The van der Waals surface area contributed by atoms with Crippen molar-refractivity contribution < 1.29 is 24.2 Å². The first-order valence-corrected chi connectivity index (χ1v) is 15.5. The van der Waals surface area contributed by atoms with E-state index in [2.05, 4.69) is 12.2 Å². The van der Waals surface area contributed by atoms with Crippen molar-refractivity contribution in [3.05, 3.63) is 54.1 Å². The van der Waals surface area contributed by atoms with E-state index < -0.39 is 5.91 Å². The maximum absolute atomic E-state index is 13.4. The third kappa shape index (κ3) is 9.13. The van der Waals surface area contributed by atoms with Gasteiger partial charge < -0.3 is 24.8 Å². The second-order valence-corrected chi connectivity index (χ2v) is 10.9. The number of carbonyl (C=O) groups is 2. The van der Waals surface area contributed by atoms with Crippen molar-refractivity contribution in [1.82, 2.24) is 0 Å². The molecule has 0 aliphatic rings. The summed E-state index contributed by atoms with van der Waals surface area (Å²) in [6.07, 6.45) is 15.4. The predicted octanol–water partition coefficient (Wildman–Crippen LogP) is 8.87. The largest absolute Gasteiger partial charge is 0.506 e. The molecule has 0 radical (unpaired) electrons. The van der Waals surface area contributed by atoms with Gasteiger partial charge in [0.25, 0.3) is 5.91 Å². The molecule has 0 bridgehead atoms. The van der Waals surface area contributed by atoms with E-state index in [9.17, 15) is 14.7 Å². The molecule has 0 aliphatic carbocycles. The molecule has 0 aliphatic heterocycles. The second kappa shape index (κ2) is 17.3. The summed E-state index contributed by atoms with van der Waals surface area (Å²) in [5, 5.41) is 15.0. The Bertz CT molecular complexity index is 1310. The summed E-state index contributed by atoms with van der Waals surface area (Å²) in [4.78, 5) is 26.9. The van der Waals surface area contributed by atoms with Gasteiger partial charge >= 0.3 is 0 Å². The van der Waals surface area contributed by atoms with Gasteiger partial charge in [-0.15, -0.1) is 0 Å². The summed E-state index contributed by atoms with van der Waals surface area (Å²) < 4.78 is 11.6. The molecule has 2 N–H and O–H groups in total. The molecule has 3 aromatic carbocycles. The van der Waals surface area contributed by atoms with Crippen LogP contribution in [0.5, 0.6) is 17.2 Å². The van der Waals surface area contributed by atoms with E-state index in [1.807, 2.05) is 18.2 Å². The van der Waals surface area contributed by atoms with Gasteiger partial charge in [-0.25, -0.2) is 0 Å². The number of ether oxygens (including phenoxy) is 2. The van der Waals surface area contributed by atoms with Gasteiger partial charge in [-0.2, -0.15) is 0 Å². The zero-order valence-electron chi connectivity index (χ0n) is 25.8. The van der Waals surface area contributed by atoms with Crippen LogP contribution in [0.4, 0.5) is 11.4 Å². The molecule has 0 saturated heterocycles. The standard InChI is InChI=1S/C35H48N2O5/c1-5-6-7-8-9-10-11-12-13-14-15-18-24-42-31-23-17-16-21-29(31)36-35(40)28-25-32(41-4)33-27(34(28)39)20-19-22-30(33)37(3)26(2)38/h16-17,19-23,25,39H,5-15,18,24H2,1-4H3,(H,36,40). The van der Waals surface area contributed by atoms with Gasteiger partial charge in [-0.05, 0) is 30.7 Å². The minimum Gasteiger partial charge on any atom is -0.506 e. The van der Waals surface area contributed by atoms with Crippen LogP contribution in [0.1, 0.15) is 101 Å². The molecule has 42 heavy (non-hydrogen) atoms. The molecule has 0 spiro atoms. The molecule has 0 atom stereocenters. The highest BCUT2D eigenvalue weighted by molar-refractivity contribution is 6.14. The van der Waals surface area contributed by atoms with E-state index in [4.69, 9.17) is 9.47 Å². The number of para-hydroxylation sites is 2. The number of phenolic OH excluding ortho intramolecular Hbond substituents is 1.